The molecule has 12 nitrogen and oxygen atoms in total. The number of carbonyl (C=O) groups is 6. The number of fused-ring (bicyclic) bond motifs is 1. The van der Waals surface area contributed by atoms with Crippen LogP contribution < -0.4 is 21.3 Å². The average molecular weight is 795 g/mol. The van der Waals surface area contributed by atoms with Gasteiger partial charge >= 0.3 is 0 Å². The van der Waals surface area contributed by atoms with E-state index in [1.807, 2.05) is 27.7 Å². The Morgan fingerprint density at radius 2 is 1.40 bits per heavy atom. The summed E-state index contributed by atoms with van der Waals surface area (Å²) in [5.74, 6) is -2.60. The summed E-state index contributed by atoms with van der Waals surface area (Å²) in [6.45, 7) is 19.9. The second kappa shape index (κ2) is 16.2. The molecule has 0 bridgehead atoms. The van der Waals surface area contributed by atoms with Gasteiger partial charge in [0.2, 0.25) is 29.4 Å². The van der Waals surface area contributed by atoms with E-state index in [-0.39, 0.29) is 57.5 Å². The molecule has 2 spiro atoms. The van der Waals surface area contributed by atoms with Crippen molar-refractivity contribution in [2.24, 2.45) is 27.6 Å². The number of nitrogens with one attached hydrogen (secondary N) is 4. The fraction of sp³-hybridized carbons (Fsp3) is 0.867. The highest BCUT2D eigenvalue weighted by Gasteiger charge is 2.85. The molecule has 12 heteroatoms. The highest BCUT2D eigenvalue weighted by atomic mass is 16.2. The van der Waals surface area contributed by atoms with Crippen molar-refractivity contribution in [3.8, 4) is 0 Å². The van der Waals surface area contributed by atoms with Crippen LogP contribution in [0.3, 0.4) is 0 Å². The Kier molecular flexibility index (Phi) is 12.4. The van der Waals surface area contributed by atoms with Gasteiger partial charge in [-0.1, -0.05) is 80.6 Å². The zero-order valence-electron chi connectivity index (χ0n) is 36.6. The van der Waals surface area contributed by atoms with Crippen LogP contribution in [-0.4, -0.2) is 100.0 Å². The van der Waals surface area contributed by atoms with E-state index >= 15 is 4.79 Å². The highest BCUT2D eigenvalue weighted by molar-refractivity contribution is 6.38. The molecule has 2 heterocycles. The Balaban J connectivity index is 1.26. The van der Waals surface area contributed by atoms with E-state index in [0.29, 0.717) is 25.8 Å². The van der Waals surface area contributed by atoms with Crippen molar-refractivity contribution in [3.63, 3.8) is 0 Å². The van der Waals surface area contributed by atoms with Crippen molar-refractivity contribution in [1.29, 1.82) is 0 Å². The first-order chi connectivity index (χ1) is 26.7. The maximum Gasteiger partial charge on any atom is 0.289 e. The van der Waals surface area contributed by atoms with Crippen molar-refractivity contribution >= 4 is 35.3 Å². The van der Waals surface area contributed by atoms with Gasteiger partial charge < -0.3 is 26.2 Å². The normalized spacial score (nSPS) is 28.6. The smallest absolute Gasteiger partial charge is 0.289 e. The molecule has 6 rings (SSSR count). The standard InChI is InChI=1S/C45H74N6O6/c1-10-17-30(34(52)39(56)46-29-21-22-29)47-37(54)32-26-45(43(8,9)44(45)23-16-24-44)27-50(32)40(57)35(41(3,4)5)49-38(55)33(28-18-13-12-14-19-28)48-36(53)31-20-15-25-51(31)42(6,7)11-2/h28-33,35H,10-27H2,1-9H3,(H,46,56)(H,47,54)(H,48,53)(H,49,55)/t30-,31-,32-,33-,35+,45+/m0/s1. The molecule has 57 heavy (non-hydrogen) atoms. The first-order valence-electron chi connectivity index (χ1n) is 22.6. The van der Waals surface area contributed by atoms with Crippen LogP contribution in [0, 0.1) is 27.6 Å². The molecule has 2 aliphatic heterocycles. The molecule has 320 valence electrons. The van der Waals surface area contributed by atoms with Crippen LogP contribution in [0.4, 0.5) is 0 Å². The number of ketones is 1. The minimum atomic E-state index is -0.990. The Morgan fingerprint density at radius 1 is 0.754 bits per heavy atom. The van der Waals surface area contributed by atoms with Gasteiger partial charge in [0.25, 0.3) is 5.91 Å². The molecule has 6 fully saturated rings. The third-order valence-corrected chi connectivity index (χ3v) is 16.0. The van der Waals surface area contributed by atoms with E-state index in [2.05, 4.69) is 60.8 Å². The number of amides is 5. The molecule has 4 saturated carbocycles. The van der Waals surface area contributed by atoms with Gasteiger partial charge in [-0.3, -0.25) is 33.7 Å². The second-order valence-corrected chi connectivity index (χ2v) is 21.0. The Hall–Kier alpha value is -3.02. The molecular weight excluding hydrogens is 721 g/mol. The fourth-order valence-corrected chi connectivity index (χ4v) is 11.7. The van der Waals surface area contributed by atoms with Crippen molar-refractivity contribution in [1.82, 2.24) is 31.1 Å². The van der Waals surface area contributed by atoms with Gasteiger partial charge in [-0.25, -0.2) is 0 Å². The maximum absolute atomic E-state index is 15.2. The van der Waals surface area contributed by atoms with Crippen LogP contribution in [0.25, 0.3) is 0 Å². The van der Waals surface area contributed by atoms with E-state index in [1.165, 1.54) is 0 Å². The molecule has 4 N–H and O–H groups in total. The van der Waals surface area contributed by atoms with Crippen LogP contribution in [-0.2, 0) is 28.8 Å². The molecule has 6 atom stereocenters. The molecule has 2 saturated heterocycles. The number of hydrogen-bond donors (Lipinski definition) is 4. The third-order valence-electron chi connectivity index (χ3n) is 16.0. The second-order valence-electron chi connectivity index (χ2n) is 21.0. The van der Waals surface area contributed by atoms with E-state index in [0.717, 1.165) is 90.0 Å². The molecule has 0 unspecified atom stereocenters. The number of hydrogen-bond acceptors (Lipinski definition) is 7. The average Bonchev–Trinajstić information content (AvgIpc) is 3.81. The van der Waals surface area contributed by atoms with Crippen molar-refractivity contribution < 1.29 is 28.8 Å². The van der Waals surface area contributed by atoms with E-state index in [9.17, 15) is 24.0 Å². The molecule has 4 aliphatic carbocycles. The van der Waals surface area contributed by atoms with E-state index < -0.39 is 47.2 Å². The quantitative estimate of drug-likeness (QED) is 0.167. The van der Waals surface area contributed by atoms with Gasteiger partial charge in [-0.05, 0) is 113 Å². The molecule has 0 aromatic heterocycles. The Labute approximate surface area is 341 Å². The molecule has 0 radical (unpaired) electrons. The van der Waals surface area contributed by atoms with Crippen molar-refractivity contribution in [2.45, 2.75) is 207 Å². The summed E-state index contributed by atoms with van der Waals surface area (Å²) in [5.41, 5.74) is -1.21. The molecular formula is C45H74N6O6. The molecule has 0 aromatic rings. The summed E-state index contributed by atoms with van der Waals surface area (Å²) < 4.78 is 0. The Morgan fingerprint density at radius 3 is 1.95 bits per heavy atom. The predicted molar refractivity (Wildman–Crippen MR) is 220 cm³/mol. The monoisotopic (exact) mass is 795 g/mol. The first-order valence-corrected chi connectivity index (χ1v) is 22.6. The SMILES string of the molecule is CCC[C@H](NC(=O)[C@@H]1C[C@@]2(CN1C(=O)[C@@H](NC(=O)[C@@H](NC(=O)[C@@H]1CCCN1C(C)(C)CC)C1CCCCC1)C(C)(C)C)C(C)(C)C21CCC1)C(=O)C(=O)NC1CC1. The maximum atomic E-state index is 15.2. The summed E-state index contributed by atoms with van der Waals surface area (Å²) in [5, 5.41) is 12.1. The lowest BCUT2D eigenvalue weighted by Crippen LogP contribution is -2.63. The topological polar surface area (TPSA) is 157 Å². The summed E-state index contributed by atoms with van der Waals surface area (Å²) in [4.78, 5) is 88.7. The van der Waals surface area contributed by atoms with Crippen molar-refractivity contribution in [3.05, 3.63) is 0 Å². The predicted octanol–water partition coefficient (Wildman–Crippen LogP) is 5.17. The molecule has 5 amide bonds. The van der Waals surface area contributed by atoms with E-state index in [4.69, 9.17) is 0 Å². The zero-order valence-corrected chi connectivity index (χ0v) is 36.6. The lowest BCUT2D eigenvalue weighted by atomic mass is 9.73. The number of nitrogens with zero attached hydrogens (tertiary/aromatic N) is 2. The summed E-state index contributed by atoms with van der Waals surface area (Å²) >= 11 is 0. The van der Waals surface area contributed by atoms with Crippen molar-refractivity contribution in [2.75, 3.05) is 13.1 Å². The van der Waals surface area contributed by atoms with Crippen LogP contribution >= 0.6 is 0 Å². The zero-order chi connectivity index (χ0) is 41.7. The van der Waals surface area contributed by atoms with Gasteiger partial charge in [0.15, 0.2) is 0 Å². The number of rotatable bonds is 15. The van der Waals surface area contributed by atoms with Gasteiger partial charge in [0, 0.05) is 23.5 Å². The minimum Gasteiger partial charge on any atom is -0.347 e. The van der Waals surface area contributed by atoms with Crippen LogP contribution in [0.1, 0.15) is 165 Å². The minimum absolute atomic E-state index is 0.0131. The third kappa shape index (κ3) is 8.03. The highest BCUT2D eigenvalue weighted by Crippen LogP contribution is 2.88. The van der Waals surface area contributed by atoms with Crippen LogP contribution in [0.2, 0.25) is 0 Å². The Bertz CT molecular complexity index is 1570. The van der Waals surface area contributed by atoms with Gasteiger partial charge in [0.1, 0.15) is 18.1 Å². The fourth-order valence-electron chi connectivity index (χ4n) is 11.7. The summed E-state index contributed by atoms with van der Waals surface area (Å²) in [6.07, 6.45) is 13.5. The molecule has 0 aromatic carbocycles. The lowest BCUT2D eigenvalue weighted by Gasteiger charge is -2.40. The largest absolute Gasteiger partial charge is 0.347 e. The van der Waals surface area contributed by atoms with Gasteiger partial charge in [-0.2, -0.15) is 0 Å². The van der Waals surface area contributed by atoms with E-state index in [1.54, 1.807) is 4.90 Å². The first kappa shape index (κ1) is 43.6. The van der Waals surface area contributed by atoms with Gasteiger partial charge in [0.05, 0.1) is 12.1 Å². The van der Waals surface area contributed by atoms with Gasteiger partial charge in [-0.15, -0.1) is 0 Å². The number of Topliss-reactive ketones (excluding diaryl/α,β-unsaturated/α-hetero) is 1. The van der Waals surface area contributed by atoms with Crippen LogP contribution in [0.5, 0.6) is 0 Å². The number of likely N-dealkylation sites (tertiary alicyclic amines) is 2. The lowest BCUT2D eigenvalue weighted by molar-refractivity contribution is -0.145. The molecule has 6 aliphatic rings. The number of carbonyl (C=O) groups excluding carboxylic acids is 6. The van der Waals surface area contributed by atoms with Crippen LogP contribution in [0.15, 0.2) is 0 Å². The summed E-state index contributed by atoms with van der Waals surface area (Å²) in [6, 6.07) is -3.91. The summed E-state index contributed by atoms with van der Waals surface area (Å²) in [7, 11) is 0.